The number of allylic oxidation sites excluding steroid dienone is 1. The second-order valence-electron chi connectivity index (χ2n) is 4.07. The summed E-state index contributed by atoms with van der Waals surface area (Å²) in [6, 6.07) is 0. The van der Waals surface area contributed by atoms with Crippen molar-refractivity contribution in [2.24, 2.45) is 11.3 Å². The molecule has 11 heavy (non-hydrogen) atoms. The Labute approximate surface area is 70.7 Å². The Kier molecular flexibility index (Phi) is 2.41. The summed E-state index contributed by atoms with van der Waals surface area (Å²) in [5.74, 6) is 0.920. The highest BCUT2D eigenvalue weighted by molar-refractivity contribution is 5.15. The van der Waals surface area contributed by atoms with Crippen molar-refractivity contribution in [1.82, 2.24) is 0 Å². The van der Waals surface area contributed by atoms with Crippen molar-refractivity contribution < 1.29 is 0 Å². The van der Waals surface area contributed by atoms with Crippen molar-refractivity contribution >= 4 is 0 Å². The molecule has 0 heteroatoms. The minimum atomic E-state index is 0.742. The molecule has 64 valence electrons. The fourth-order valence-corrected chi connectivity index (χ4v) is 2.29. The lowest BCUT2D eigenvalue weighted by molar-refractivity contribution is 0.0549. The second kappa shape index (κ2) is 3.00. The van der Waals surface area contributed by atoms with Gasteiger partial charge < -0.3 is 0 Å². The van der Waals surface area contributed by atoms with Crippen LogP contribution in [-0.2, 0) is 0 Å². The molecule has 0 nitrogen and oxygen atoms in total. The van der Waals surface area contributed by atoms with Crippen molar-refractivity contribution in [2.45, 2.75) is 46.5 Å². The van der Waals surface area contributed by atoms with E-state index in [0.29, 0.717) is 0 Å². The molecule has 3 fully saturated rings. The fraction of sp³-hybridized carbons (Fsp3) is 0.818. The highest BCUT2D eigenvalue weighted by atomic mass is 14.5. The lowest BCUT2D eigenvalue weighted by atomic mass is 9.54. The number of hydrogen-bond acceptors (Lipinski definition) is 0. The van der Waals surface area contributed by atoms with E-state index in [1.54, 1.807) is 0 Å². The standard InChI is InChI=1S/C9H14.C2H6/c1-7-3-4-9(2)5-8(7)6-9;1-2/h8H,1,3-6H2,2H3;1-2H3. The molecule has 0 atom stereocenters. The summed E-state index contributed by atoms with van der Waals surface area (Å²) in [4.78, 5) is 0. The largest absolute Gasteiger partial charge is 0.0996 e. The van der Waals surface area contributed by atoms with Crippen molar-refractivity contribution in [3.05, 3.63) is 12.2 Å². The lowest BCUT2D eigenvalue weighted by Crippen LogP contribution is -2.39. The highest BCUT2D eigenvalue weighted by Crippen LogP contribution is 2.56. The van der Waals surface area contributed by atoms with E-state index >= 15 is 0 Å². The first-order valence-electron chi connectivity index (χ1n) is 4.87. The third-order valence-corrected chi connectivity index (χ3v) is 3.11. The highest BCUT2D eigenvalue weighted by Gasteiger charge is 2.44. The van der Waals surface area contributed by atoms with Gasteiger partial charge in [0.2, 0.25) is 0 Å². The van der Waals surface area contributed by atoms with Crippen LogP contribution in [0.2, 0.25) is 0 Å². The Balaban J connectivity index is 0.000000281. The maximum absolute atomic E-state index is 4.06. The summed E-state index contributed by atoms with van der Waals surface area (Å²) in [5.41, 5.74) is 2.27. The summed E-state index contributed by atoms with van der Waals surface area (Å²) >= 11 is 0. The SMILES string of the molecule is C=C1CCC2(C)CC1C2.CC. The molecule has 0 amide bonds. The molecule has 3 rings (SSSR count). The molecular formula is C11H20. The van der Waals surface area contributed by atoms with Gasteiger partial charge in [0, 0.05) is 0 Å². The van der Waals surface area contributed by atoms with Crippen LogP contribution in [0.15, 0.2) is 12.2 Å². The first kappa shape index (κ1) is 8.83. The molecular weight excluding hydrogens is 132 g/mol. The number of rotatable bonds is 0. The molecule has 0 aromatic heterocycles. The molecule has 0 unspecified atom stereocenters. The van der Waals surface area contributed by atoms with Crippen molar-refractivity contribution in [3.63, 3.8) is 0 Å². The van der Waals surface area contributed by atoms with Crippen molar-refractivity contribution in [3.8, 4) is 0 Å². The topological polar surface area (TPSA) is 0 Å². The minimum Gasteiger partial charge on any atom is -0.0996 e. The maximum atomic E-state index is 4.06. The van der Waals surface area contributed by atoms with Crippen LogP contribution in [0.5, 0.6) is 0 Å². The predicted molar refractivity (Wildman–Crippen MR) is 50.6 cm³/mol. The summed E-state index contributed by atoms with van der Waals surface area (Å²) in [6.07, 6.45) is 5.58. The summed E-state index contributed by atoms with van der Waals surface area (Å²) in [7, 11) is 0. The van der Waals surface area contributed by atoms with Crippen LogP contribution in [0.3, 0.4) is 0 Å². The Bertz CT molecular complexity index is 144. The van der Waals surface area contributed by atoms with Gasteiger partial charge in [-0.3, -0.25) is 0 Å². The van der Waals surface area contributed by atoms with E-state index < -0.39 is 0 Å². The zero-order chi connectivity index (χ0) is 8.48. The quantitative estimate of drug-likeness (QED) is 0.463. The molecule has 0 heterocycles. The number of hydrogen-bond donors (Lipinski definition) is 0. The fourth-order valence-electron chi connectivity index (χ4n) is 2.29. The van der Waals surface area contributed by atoms with Crippen LogP contribution >= 0.6 is 0 Å². The van der Waals surface area contributed by atoms with Gasteiger partial charge in [-0.25, -0.2) is 0 Å². The van der Waals surface area contributed by atoms with E-state index in [0.717, 1.165) is 11.3 Å². The maximum Gasteiger partial charge on any atom is -0.0196 e. The van der Waals surface area contributed by atoms with Crippen molar-refractivity contribution in [2.75, 3.05) is 0 Å². The molecule has 0 aromatic rings. The zero-order valence-corrected chi connectivity index (χ0v) is 8.11. The third-order valence-electron chi connectivity index (χ3n) is 3.11. The Morgan fingerprint density at radius 1 is 1.36 bits per heavy atom. The van der Waals surface area contributed by atoms with Gasteiger partial charge in [0.25, 0.3) is 0 Å². The van der Waals surface area contributed by atoms with E-state index in [1.807, 2.05) is 13.8 Å². The monoisotopic (exact) mass is 152 g/mol. The Morgan fingerprint density at radius 3 is 2.18 bits per heavy atom. The van der Waals surface area contributed by atoms with Crippen LogP contribution in [0.25, 0.3) is 0 Å². The second-order valence-corrected chi connectivity index (χ2v) is 4.07. The van der Waals surface area contributed by atoms with Gasteiger partial charge in [-0.15, -0.1) is 0 Å². The molecule has 3 aliphatic carbocycles. The Morgan fingerprint density at radius 2 is 1.91 bits per heavy atom. The van der Waals surface area contributed by atoms with Crippen LogP contribution in [0.4, 0.5) is 0 Å². The molecule has 0 aromatic carbocycles. The first-order valence-corrected chi connectivity index (χ1v) is 4.87. The summed E-state index contributed by atoms with van der Waals surface area (Å²) < 4.78 is 0. The third kappa shape index (κ3) is 1.50. The molecule has 0 radical (unpaired) electrons. The normalized spacial score (nSPS) is 40.3. The van der Waals surface area contributed by atoms with E-state index in [2.05, 4.69) is 13.5 Å². The molecule has 0 N–H and O–H groups in total. The van der Waals surface area contributed by atoms with Gasteiger partial charge in [-0.05, 0) is 37.0 Å². The van der Waals surface area contributed by atoms with Gasteiger partial charge in [0.05, 0.1) is 0 Å². The summed E-state index contributed by atoms with van der Waals surface area (Å²) in [6.45, 7) is 10.5. The van der Waals surface area contributed by atoms with Crippen molar-refractivity contribution in [1.29, 1.82) is 0 Å². The van der Waals surface area contributed by atoms with Gasteiger partial charge in [-0.2, -0.15) is 0 Å². The first-order chi connectivity index (χ1) is 5.20. The lowest BCUT2D eigenvalue weighted by Gasteiger charge is -2.51. The van der Waals surface area contributed by atoms with Crippen LogP contribution in [-0.4, -0.2) is 0 Å². The zero-order valence-electron chi connectivity index (χ0n) is 8.11. The molecule has 3 saturated carbocycles. The van der Waals surface area contributed by atoms with E-state index in [1.165, 1.54) is 31.3 Å². The minimum absolute atomic E-state index is 0.742. The Hall–Kier alpha value is -0.260. The predicted octanol–water partition coefficient (Wildman–Crippen LogP) is 3.78. The van der Waals surface area contributed by atoms with E-state index in [-0.39, 0.29) is 0 Å². The smallest absolute Gasteiger partial charge is 0.0196 e. The summed E-state index contributed by atoms with van der Waals surface area (Å²) in [5, 5.41) is 0. The van der Waals surface area contributed by atoms with E-state index in [9.17, 15) is 0 Å². The van der Waals surface area contributed by atoms with Gasteiger partial charge in [0.1, 0.15) is 0 Å². The van der Waals surface area contributed by atoms with Crippen LogP contribution in [0, 0.1) is 11.3 Å². The average molecular weight is 152 g/mol. The molecule has 0 aliphatic heterocycles. The molecule has 0 spiro atoms. The van der Waals surface area contributed by atoms with Gasteiger partial charge in [-0.1, -0.05) is 32.9 Å². The van der Waals surface area contributed by atoms with Gasteiger partial charge in [0.15, 0.2) is 0 Å². The molecule has 0 saturated heterocycles. The van der Waals surface area contributed by atoms with Crippen LogP contribution in [0.1, 0.15) is 46.5 Å². The average Bonchev–Trinajstić information content (AvgIpc) is 1.97. The number of fused-ring (bicyclic) bond motifs is 2. The van der Waals surface area contributed by atoms with E-state index in [4.69, 9.17) is 0 Å². The van der Waals surface area contributed by atoms with Gasteiger partial charge >= 0.3 is 0 Å². The van der Waals surface area contributed by atoms with Crippen LogP contribution < -0.4 is 0 Å². The molecule has 3 aliphatic rings. The molecule has 2 bridgehead atoms.